The van der Waals surface area contributed by atoms with E-state index in [1.165, 1.54) is 0 Å². The molecule has 2 bridgehead atoms. The minimum Gasteiger partial charge on any atom is -0.494 e. The van der Waals surface area contributed by atoms with Crippen molar-refractivity contribution in [1.82, 2.24) is 0 Å². The average Bonchev–Trinajstić information content (AvgIpc) is 3.45. The molecule has 0 radical (unpaired) electrons. The number of esters is 1. The van der Waals surface area contributed by atoms with Crippen molar-refractivity contribution in [3.05, 3.63) is 66.7 Å². The predicted molar refractivity (Wildman–Crippen MR) is 121 cm³/mol. The second kappa shape index (κ2) is 10.9. The number of hydrogen-bond acceptors (Lipinski definition) is 5. The minimum absolute atomic E-state index is 0.00642. The van der Waals surface area contributed by atoms with E-state index in [1.54, 1.807) is 0 Å². The smallest absolute Gasteiger partial charge is 0.309 e. The van der Waals surface area contributed by atoms with E-state index in [0.29, 0.717) is 25.0 Å². The summed E-state index contributed by atoms with van der Waals surface area (Å²) in [5, 5.41) is 8.44. The Morgan fingerprint density at radius 2 is 1.52 bits per heavy atom. The van der Waals surface area contributed by atoms with E-state index in [2.05, 4.69) is 22.4 Å². The maximum absolute atomic E-state index is 12.2. The first kappa shape index (κ1) is 21.3. The molecule has 2 aromatic carbocycles. The van der Waals surface area contributed by atoms with Gasteiger partial charge in [0.1, 0.15) is 5.75 Å². The van der Waals surface area contributed by atoms with Gasteiger partial charge in [0.05, 0.1) is 30.5 Å². The second-order valence-corrected chi connectivity index (χ2v) is 8.35. The maximum atomic E-state index is 12.2. The molecule has 4 rings (SSSR count). The summed E-state index contributed by atoms with van der Waals surface area (Å²) in [5.41, 5.74) is 1.63. The summed E-state index contributed by atoms with van der Waals surface area (Å²) < 4.78 is 11.3. The zero-order valence-corrected chi connectivity index (χ0v) is 17.9. The SMILES string of the molecule is O=C(OCCCCCCOc1ccc(N=Nc2ccccc2)cc1)C1CC2C=CC1C2. The summed E-state index contributed by atoms with van der Waals surface area (Å²) in [7, 11) is 0. The fourth-order valence-corrected chi connectivity index (χ4v) is 4.30. The highest BCUT2D eigenvalue weighted by Crippen LogP contribution is 2.43. The van der Waals surface area contributed by atoms with Crippen LogP contribution in [0.4, 0.5) is 11.4 Å². The van der Waals surface area contributed by atoms with Crippen LogP contribution in [0.3, 0.4) is 0 Å². The largest absolute Gasteiger partial charge is 0.494 e. The van der Waals surface area contributed by atoms with Crippen LogP contribution in [0.25, 0.3) is 0 Å². The first-order valence-electron chi connectivity index (χ1n) is 11.3. The van der Waals surface area contributed by atoms with E-state index in [1.807, 2.05) is 54.6 Å². The van der Waals surface area contributed by atoms with Crippen LogP contribution in [0.5, 0.6) is 5.75 Å². The summed E-state index contributed by atoms with van der Waals surface area (Å²) in [5.74, 6) is 1.99. The van der Waals surface area contributed by atoms with Gasteiger partial charge in [-0.15, -0.1) is 0 Å². The topological polar surface area (TPSA) is 60.2 Å². The monoisotopic (exact) mass is 418 g/mol. The van der Waals surface area contributed by atoms with Crippen LogP contribution in [0.2, 0.25) is 0 Å². The van der Waals surface area contributed by atoms with Crippen molar-refractivity contribution in [3.8, 4) is 5.75 Å². The fraction of sp³-hybridized carbons (Fsp3) is 0.423. The summed E-state index contributed by atoms with van der Waals surface area (Å²) in [4.78, 5) is 12.2. The van der Waals surface area contributed by atoms with Gasteiger partial charge in [-0.25, -0.2) is 0 Å². The summed E-state index contributed by atoms with van der Waals surface area (Å²) in [6.45, 7) is 1.22. The third-order valence-electron chi connectivity index (χ3n) is 6.01. The van der Waals surface area contributed by atoms with E-state index in [4.69, 9.17) is 9.47 Å². The minimum atomic E-state index is 0.00642. The molecule has 0 saturated heterocycles. The van der Waals surface area contributed by atoms with Crippen LogP contribution in [0.1, 0.15) is 38.5 Å². The van der Waals surface area contributed by atoms with E-state index in [9.17, 15) is 4.79 Å². The van der Waals surface area contributed by atoms with E-state index >= 15 is 0 Å². The van der Waals surface area contributed by atoms with Crippen molar-refractivity contribution in [2.24, 2.45) is 28.0 Å². The molecule has 31 heavy (non-hydrogen) atoms. The number of allylic oxidation sites excluding steroid dienone is 2. The number of azo groups is 1. The van der Waals surface area contributed by atoms with Crippen LogP contribution < -0.4 is 4.74 Å². The molecule has 0 spiro atoms. The lowest BCUT2D eigenvalue weighted by atomic mass is 9.94. The Balaban J connectivity index is 1.04. The number of rotatable bonds is 11. The summed E-state index contributed by atoms with van der Waals surface area (Å²) >= 11 is 0. The third kappa shape index (κ3) is 6.27. The zero-order chi connectivity index (χ0) is 21.3. The van der Waals surface area contributed by atoms with Gasteiger partial charge in [0.15, 0.2) is 0 Å². The Morgan fingerprint density at radius 1 is 0.806 bits per heavy atom. The number of carbonyl (C=O) groups excluding carboxylic acids is 1. The summed E-state index contributed by atoms with van der Waals surface area (Å²) in [6.07, 6.45) is 10.6. The number of hydrogen-bond donors (Lipinski definition) is 0. The number of benzene rings is 2. The van der Waals surface area contributed by atoms with Crippen molar-refractivity contribution in [2.45, 2.75) is 38.5 Å². The quantitative estimate of drug-likeness (QED) is 0.175. The second-order valence-electron chi connectivity index (χ2n) is 8.35. The number of fused-ring (bicyclic) bond motifs is 2. The first-order chi connectivity index (χ1) is 15.3. The highest BCUT2D eigenvalue weighted by Gasteiger charge is 2.40. The molecule has 162 valence electrons. The molecule has 0 N–H and O–H groups in total. The zero-order valence-electron chi connectivity index (χ0n) is 17.9. The van der Waals surface area contributed by atoms with Crippen LogP contribution in [-0.4, -0.2) is 19.2 Å². The standard InChI is InChI=1S/C26H30N2O3/c29-26(25-19-20-10-11-21(25)18-20)31-17-7-2-1-6-16-30-24-14-12-23(13-15-24)28-27-22-8-4-3-5-9-22/h3-5,8-15,20-21,25H,1-2,6-7,16-19H2. The molecule has 3 unspecified atom stereocenters. The van der Waals surface area contributed by atoms with Gasteiger partial charge in [-0.2, -0.15) is 10.2 Å². The summed E-state index contributed by atoms with van der Waals surface area (Å²) in [6, 6.07) is 17.3. The molecule has 0 aliphatic heterocycles. The maximum Gasteiger partial charge on any atom is 0.309 e. The number of ether oxygens (including phenoxy) is 2. The van der Waals surface area contributed by atoms with E-state index in [-0.39, 0.29) is 11.9 Å². The molecular formula is C26H30N2O3. The Morgan fingerprint density at radius 3 is 2.19 bits per heavy atom. The number of nitrogens with zero attached hydrogens (tertiary/aromatic N) is 2. The lowest BCUT2D eigenvalue weighted by Crippen LogP contribution is -2.22. The number of carbonyl (C=O) groups is 1. The molecule has 2 aliphatic carbocycles. The van der Waals surface area contributed by atoms with Crippen LogP contribution in [0, 0.1) is 17.8 Å². The van der Waals surface area contributed by atoms with Crippen molar-refractivity contribution in [3.63, 3.8) is 0 Å². The fourth-order valence-electron chi connectivity index (χ4n) is 4.30. The van der Waals surface area contributed by atoms with Crippen molar-refractivity contribution >= 4 is 17.3 Å². The Labute approximate surface area is 184 Å². The normalized spacial score (nSPS) is 21.6. The van der Waals surface area contributed by atoms with Gasteiger partial charge < -0.3 is 9.47 Å². The van der Waals surface area contributed by atoms with Gasteiger partial charge in [0, 0.05) is 0 Å². The van der Waals surface area contributed by atoms with Gasteiger partial charge in [-0.1, -0.05) is 30.4 Å². The lowest BCUT2D eigenvalue weighted by Gasteiger charge is -2.16. The highest BCUT2D eigenvalue weighted by atomic mass is 16.5. The molecule has 2 aliphatic rings. The van der Waals surface area contributed by atoms with E-state index < -0.39 is 0 Å². The number of unbranched alkanes of at least 4 members (excludes halogenated alkanes) is 3. The molecular weight excluding hydrogens is 388 g/mol. The highest BCUT2D eigenvalue weighted by molar-refractivity contribution is 5.74. The van der Waals surface area contributed by atoms with Crippen LogP contribution in [0.15, 0.2) is 77.0 Å². The van der Waals surface area contributed by atoms with Crippen LogP contribution in [-0.2, 0) is 9.53 Å². The van der Waals surface area contributed by atoms with Crippen molar-refractivity contribution in [1.29, 1.82) is 0 Å². The third-order valence-corrected chi connectivity index (χ3v) is 6.01. The molecule has 0 heterocycles. The van der Waals surface area contributed by atoms with Gasteiger partial charge in [0.25, 0.3) is 0 Å². The lowest BCUT2D eigenvalue weighted by molar-refractivity contribution is -0.149. The van der Waals surface area contributed by atoms with Gasteiger partial charge >= 0.3 is 5.97 Å². The predicted octanol–water partition coefficient (Wildman–Crippen LogP) is 6.80. The van der Waals surface area contributed by atoms with Crippen molar-refractivity contribution < 1.29 is 14.3 Å². The van der Waals surface area contributed by atoms with Gasteiger partial charge in [0.2, 0.25) is 0 Å². The molecule has 1 fully saturated rings. The molecule has 5 nitrogen and oxygen atoms in total. The molecule has 3 atom stereocenters. The molecule has 0 amide bonds. The molecule has 2 aromatic rings. The molecule has 1 saturated carbocycles. The molecule has 0 aromatic heterocycles. The molecule has 5 heteroatoms. The first-order valence-corrected chi connectivity index (χ1v) is 11.3. The Hall–Kier alpha value is -2.95. The average molecular weight is 419 g/mol. The van der Waals surface area contributed by atoms with Crippen molar-refractivity contribution in [2.75, 3.05) is 13.2 Å². The van der Waals surface area contributed by atoms with Crippen LogP contribution >= 0.6 is 0 Å². The Kier molecular flexibility index (Phi) is 7.48. The van der Waals surface area contributed by atoms with Gasteiger partial charge in [-0.3, -0.25) is 4.79 Å². The van der Waals surface area contributed by atoms with E-state index in [0.717, 1.165) is 55.6 Å². The van der Waals surface area contributed by atoms with Gasteiger partial charge in [-0.05, 0) is 86.8 Å². The Bertz CT molecular complexity index is 893.